The van der Waals surface area contributed by atoms with Crippen LogP contribution >= 0.6 is 15.9 Å². The minimum Gasteiger partial charge on any atom is -0.496 e. The van der Waals surface area contributed by atoms with Gasteiger partial charge in [0.15, 0.2) is 0 Å². The largest absolute Gasteiger partial charge is 0.496 e. The highest BCUT2D eigenvalue weighted by atomic mass is 79.9. The zero-order chi connectivity index (χ0) is 17.2. The van der Waals surface area contributed by atoms with Gasteiger partial charge in [-0.25, -0.2) is 8.42 Å². The molecule has 1 heterocycles. The summed E-state index contributed by atoms with van der Waals surface area (Å²) in [5.41, 5.74) is 2.35. The van der Waals surface area contributed by atoms with Gasteiger partial charge in [-0.05, 0) is 51.7 Å². The lowest BCUT2D eigenvalue weighted by molar-refractivity contribution is 0.411. The zero-order valence-electron chi connectivity index (χ0n) is 13.3. The predicted octanol–water partition coefficient (Wildman–Crippen LogP) is 3.94. The van der Waals surface area contributed by atoms with Crippen LogP contribution in [0.1, 0.15) is 12.0 Å². The molecular weight excluding hydrogens is 390 g/mol. The molecule has 2 aromatic carbocycles. The van der Waals surface area contributed by atoms with Crippen molar-refractivity contribution in [3.05, 3.63) is 64.6 Å². The smallest absolute Gasteiger partial charge is 0.243 e. The Kier molecular flexibility index (Phi) is 5.08. The monoisotopic (exact) mass is 407 g/mol. The van der Waals surface area contributed by atoms with Crippen LogP contribution in [0.5, 0.6) is 5.75 Å². The van der Waals surface area contributed by atoms with E-state index in [0.29, 0.717) is 29.7 Å². The fourth-order valence-corrected chi connectivity index (χ4v) is 4.84. The van der Waals surface area contributed by atoms with Crippen molar-refractivity contribution in [1.82, 2.24) is 4.31 Å². The summed E-state index contributed by atoms with van der Waals surface area (Å²) in [5, 5.41) is 0. The predicted molar refractivity (Wildman–Crippen MR) is 98.5 cm³/mol. The van der Waals surface area contributed by atoms with Gasteiger partial charge in [0.05, 0.1) is 16.5 Å². The van der Waals surface area contributed by atoms with Crippen LogP contribution in [0.3, 0.4) is 0 Å². The molecule has 6 heteroatoms. The minimum atomic E-state index is -3.51. The van der Waals surface area contributed by atoms with Crippen molar-refractivity contribution >= 4 is 31.5 Å². The van der Waals surface area contributed by atoms with Gasteiger partial charge in [0.1, 0.15) is 5.75 Å². The van der Waals surface area contributed by atoms with Gasteiger partial charge in [0.25, 0.3) is 0 Å². The molecule has 0 atom stereocenters. The SMILES string of the molecule is COc1ccc(S(=O)(=O)N2CC=C(c3ccccc3)CC2)cc1Br. The van der Waals surface area contributed by atoms with Crippen molar-refractivity contribution in [3.8, 4) is 5.75 Å². The molecule has 0 aliphatic carbocycles. The first-order valence-corrected chi connectivity index (χ1v) is 9.84. The van der Waals surface area contributed by atoms with Crippen LogP contribution in [0.15, 0.2) is 64.0 Å². The lowest BCUT2D eigenvalue weighted by Crippen LogP contribution is -2.34. The molecule has 4 nitrogen and oxygen atoms in total. The van der Waals surface area contributed by atoms with Crippen molar-refractivity contribution in [2.24, 2.45) is 0 Å². The maximum absolute atomic E-state index is 12.8. The van der Waals surface area contributed by atoms with E-state index < -0.39 is 10.0 Å². The number of methoxy groups -OCH3 is 1. The van der Waals surface area contributed by atoms with E-state index in [1.807, 2.05) is 24.3 Å². The molecule has 2 aromatic rings. The third-order valence-electron chi connectivity index (χ3n) is 4.08. The second-order valence-electron chi connectivity index (χ2n) is 5.50. The number of rotatable bonds is 4. The maximum atomic E-state index is 12.8. The van der Waals surface area contributed by atoms with Gasteiger partial charge in [0, 0.05) is 13.1 Å². The van der Waals surface area contributed by atoms with E-state index in [1.54, 1.807) is 25.3 Å². The summed E-state index contributed by atoms with van der Waals surface area (Å²) < 4.78 is 32.9. The Labute approximate surface area is 150 Å². The molecule has 0 saturated carbocycles. The van der Waals surface area contributed by atoms with Crippen LogP contribution in [0.25, 0.3) is 5.57 Å². The number of hydrogen-bond donors (Lipinski definition) is 0. The van der Waals surface area contributed by atoms with Gasteiger partial charge in [-0.15, -0.1) is 0 Å². The van der Waals surface area contributed by atoms with Crippen LogP contribution < -0.4 is 4.74 Å². The second kappa shape index (κ2) is 7.09. The van der Waals surface area contributed by atoms with E-state index in [1.165, 1.54) is 9.88 Å². The van der Waals surface area contributed by atoms with Gasteiger partial charge < -0.3 is 4.74 Å². The summed E-state index contributed by atoms with van der Waals surface area (Å²) in [4.78, 5) is 0.270. The lowest BCUT2D eigenvalue weighted by Gasteiger charge is -2.26. The van der Waals surface area contributed by atoms with Crippen molar-refractivity contribution in [1.29, 1.82) is 0 Å². The Morgan fingerprint density at radius 3 is 2.46 bits per heavy atom. The van der Waals surface area contributed by atoms with E-state index in [4.69, 9.17) is 4.74 Å². The number of ether oxygens (including phenoxy) is 1. The Morgan fingerprint density at radius 2 is 1.88 bits per heavy atom. The summed E-state index contributed by atoms with van der Waals surface area (Å²) >= 11 is 3.34. The number of halogens is 1. The average Bonchev–Trinajstić information content (AvgIpc) is 2.62. The summed E-state index contributed by atoms with van der Waals surface area (Å²) in [6.45, 7) is 0.864. The average molecular weight is 408 g/mol. The van der Waals surface area contributed by atoms with Crippen molar-refractivity contribution in [2.75, 3.05) is 20.2 Å². The quantitative estimate of drug-likeness (QED) is 0.770. The highest BCUT2D eigenvalue weighted by Gasteiger charge is 2.27. The Bertz CT molecular complexity index is 863. The fourth-order valence-electron chi connectivity index (χ4n) is 2.74. The van der Waals surface area contributed by atoms with E-state index >= 15 is 0 Å². The number of hydrogen-bond acceptors (Lipinski definition) is 3. The topological polar surface area (TPSA) is 46.6 Å². The molecular formula is C18H18BrNO3S. The van der Waals surface area contributed by atoms with Gasteiger partial charge in [-0.2, -0.15) is 4.31 Å². The summed E-state index contributed by atoms with van der Waals surface area (Å²) in [5.74, 6) is 0.610. The molecule has 24 heavy (non-hydrogen) atoms. The van der Waals surface area contributed by atoms with Crippen LogP contribution in [0.4, 0.5) is 0 Å². The fraction of sp³-hybridized carbons (Fsp3) is 0.222. The molecule has 1 aliphatic rings. The molecule has 0 bridgehead atoms. The van der Waals surface area contributed by atoms with Crippen molar-refractivity contribution in [3.63, 3.8) is 0 Å². The maximum Gasteiger partial charge on any atom is 0.243 e. The van der Waals surface area contributed by atoms with Gasteiger partial charge in [0.2, 0.25) is 10.0 Å². The standard InChI is InChI=1S/C18H18BrNO3S/c1-23-18-8-7-16(13-17(18)19)24(21,22)20-11-9-15(10-12-20)14-5-3-2-4-6-14/h2-9,13H,10-12H2,1H3. The Morgan fingerprint density at radius 1 is 1.12 bits per heavy atom. The Balaban J connectivity index is 1.82. The number of sulfonamides is 1. The first-order valence-electron chi connectivity index (χ1n) is 7.60. The molecule has 126 valence electrons. The number of benzene rings is 2. The van der Waals surface area contributed by atoms with E-state index in [9.17, 15) is 8.42 Å². The summed E-state index contributed by atoms with van der Waals surface area (Å²) in [7, 11) is -1.96. The first-order chi connectivity index (χ1) is 11.5. The molecule has 0 spiro atoms. The summed E-state index contributed by atoms with van der Waals surface area (Å²) in [6.07, 6.45) is 2.70. The van der Waals surface area contributed by atoms with E-state index in [0.717, 1.165) is 5.56 Å². The highest BCUT2D eigenvalue weighted by molar-refractivity contribution is 9.10. The molecule has 0 aromatic heterocycles. The molecule has 0 fully saturated rings. The molecule has 0 unspecified atom stereocenters. The van der Waals surface area contributed by atoms with Gasteiger partial charge in [-0.3, -0.25) is 0 Å². The first kappa shape index (κ1) is 17.2. The van der Waals surface area contributed by atoms with Crippen LogP contribution in [0.2, 0.25) is 0 Å². The molecule has 0 radical (unpaired) electrons. The second-order valence-corrected chi connectivity index (χ2v) is 8.30. The third kappa shape index (κ3) is 3.41. The molecule has 1 aliphatic heterocycles. The summed E-state index contributed by atoms with van der Waals surface area (Å²) in [6, 6.07) is 14.9. The number of nitrogens with zero attached hydrogens (tertiary/aromatic N) is 1. The van der Waals surface area contributed by atoms with Gasteiger partial charge >= 0.3 is 0 Å². The molecule has 0 saturated heterocycles. The lowest BCUT2D eigenvalue weighted by atomic mass is 10.0. The zero-order valence-corrected chi connectivity index (χ0v) is 15.7. The van der Waals surface area contributed by atoms with Crippen molar-refractivity contribution < 1.29 is 13.2 Å². The van der Waals surface area contributed by atoms with E-state index in [2.05, 4.69) is 28.1 Å². The van der Waals surface area contributed by atoms with Crippen molar-refractivity contribution in [2.45, 2.75) is 11.3 Å². The van der Waals surface area contributed by atoms with Crippen LogP contribution in [0, 0.1) is 0 Å². The third-order valence-corrected chi connectivity index (χ3v) is 6.56. The normalized spacial score (nSPS) is 15.8. The Hall–Kier alpha value is -1.63. The minimum absolute atomic E-state index is 0.270. The molecule has 0 amide bonds. The molecule has 0 N–H and O–H groups in total. The van der Waals surface area contributed by atoms with Gasteiger partial charge in [-0.1, -0.05) is 36.4 Å². The van der Waals surface area contributed by atoms with E-state index in [-0.39, 0.29) is 4.90 Å². The highest BCUT2D eigenvalue weighted by Crippen LogP contribution is 2.30. The van der Waals surface area contributed by atoms with Crippen LogP contribution in [-0.2, 0) is 10.0 Å². The molecule has 3 rings (SSSR count). The van der Waals surface area contributed by atoms with Crippen LogP contribution in [-0.4, -0.2) is 32.9 Å².